The first kappa shape index (κ1) is 21.1. The van der Waals surface area contributed by atoms with Gasteiger partial charge < -0.3 is 5.11 Å². The first-order valence-corrected chi connectivity index (χ1v) is 9.83. The fourth-order valence-electron chi connectivity index (χ4n) is 3.78. The predicted molar refractivity (Wildman–Crippen MR) is 97.4 cm³/mol. The van der Waals surface area contributed by atoms with Gasteiger partial charge in [-0.15, -0.1) is 0 Å². The Hall–Kier alpha value is -1.21. The van der Waals surface area contributed by atoms with Gasteiger partial charge in [0, 0.05) is 24.7 Å². The van der Waals surface area contributed by atoms with Crippen molar-refractivity contribution in [1.82, 2.24) is 0 Å². The first-order valence-electron chi connectivity index (χ1n) is 9.83. The van der Waals surface area contributed by atoms with Gasteiger partial charge in [-0.1, -0.05) is 44.1 Å². The number of carbonyl (C=O) groups is 1. The van der Waals surface area contributed by atoms with E-state index in [0.717, 1.165) is 51.4 Å². The summed E-state index contributed by atoms with van der Waals surface area (Å²) >= 11 is 0. The Labute approximate surface area is 155 Å². The molecule has 1 aliphatic carbocycles. The van der Waals surface area contributed by atoms with Crippen molar-refractivity contribution in [1.29, 1.82) is 0 Å². The molecule has 6 nitrogen and oxygen atoms in total. The predicted octanol–water partition coefficient (Wildman–Crippen LogP) is 4.52. The molecule has 2 N–H and O–H groups in total. The molecule has 26 heavy (non-hydrogen) atoms. The molecule has 0 amide bonds. The Kier molecular flexibility index (Phi) is 9.32. The molecule has 1 heterocycles. The second-order valence-corrected chi connectivity index (χ2v) is 7.24. The minimum atomic E-state index is -0.707. The maximum atomic E-state index is 10.4. The van der Waals surface area contributed by atoms with E-state index in [1.54, 1.807) is 0 Å². The maximum Gasteiger partial charge on any atom is 0.303 e. The molecule has 148 valence electrons. The van der Waals surface area contributed by atoms with E-state index in [1.165, 1.54) is 0 Å². The van der Waals surface area contributed by atoms with Crippen molar-refractivity contribution in [2.75, 3.05) is 0 Å². The van der Waals surface area contributed by atoms with Crippen molar-refractivity contribution in [2.24, 2.45) is 11.8 Å². The minimum absolute atomic E-state index is 0.0973. The largest absolute Gasteiger partial charge is 0.481 e. The fourth-order valence-corrected chi connectivity index (χ4v) is 3.78. The number of hydrogen-bond acceptors (Lipinski definition) is 5. The van der Waals surface area contributed by atoms with Crippen molar-refractivity contribution in [2.45, 2.75) is 83.0 Å². The quantitative estimate of drug-likeness (QED) is 0.215. The van der Waals surface area contributed by atoms with E-state index in [1.807, 2.05) is 13.0 Å². The highest BCUT2D eigenvalue weighted by Gasteiger charge is 2.49. The standard InChI is InChI=1S/C20H32O6/c1-2-15(24-23)12-13-17-16(18-14-19(17)26-25-18)10-8-6-4-3-5-7-9-11-20(21)22/h6,8,12-13,15-19,23H,2-5,7,9-11,14H2,1H3,(H,21,22)/t15?,16-,17-,18+,19+/m0/s1. The monoisotopic (exact) mass is 368 g/mol. The third-order valence-electron chi connectivity index (χ3n) is 5.34. The number of fused-ring (bicyclic) bond motifs is 2. The Bertz CT molecular complexity index is 471. The Balaban J connectivity index is 1.69. The third kappa shape index (κ3) is 6.50. The van der Waals surface area contributed by atoms with Gasteiger partial charge in [-0.2, -0.15) is 0 Å². The highest BCUT2D eigenvalue weighted by molar-refractivity contribution is 5.66. The summed E-state index contributed by atoms with van der Waals surface area (Å²) in [5, 5.41) is 17.5. The van der Waals surface area contributed by atoms with E-state index in [-0.39, 0.29) is 24.7 Å². The van der Waals surface area contributed by atoms with Gasteiger partial charge >= 0.3 is 5.97 Å². The molecule has 2 bridgehead atoms. The highest BCUT2D eigenvalue weighted by atomic mass is 17.2. The zero-order chi connectivity index (χ0) is 18.8. The SMILES string of the molecule is CCC(C=C[C@H]1[C@H](CC=CCCCCCCC(=O)O)[C@H]2C[C@H]1OO2)OO. The summed E-state index contributed by atoms with van der Waals surface area (Å²) in [5.74, 6) is -0.0204. The third-order valence-corrected chi connectivity index (χ3v) is 5.34. The summed E-state index contributed by atoms with van der Waals surface area (Å²) in [6.07, 6.45) is 16.3. The molecule has 1 aliphatic heterocycles. The average molecular weight is 368 g/mol. The van der Waals surface area contributed by atoms with Crippen molar-refractivity contribution >= 4 is 5.97 Å². The summed E-state index contributed by atoms with van der Waals surface area (Å²) in [7, 11) is 0. The molecule has 1 unspecified atom stereocenters. The Morgan fingerprint density at radius 2 is 1.96 bits per heavy atom. The van der Waals surface area contributed by atoms with Crippen LogP contribution in [0.2, 0.25) is 0 Å². The second kappa shape index (κ2) is 11.5. The molecule has 2 fully saturated rings. The fraction of sp³-hybridized carbons (Fsp3) is 0.750. The van der Waals surface area contributed by atoms with Crippen LogP contribution in [0.15, 0.2) is 24.3 Å². The molecule has 2 rings (SSSR count). The van der Waals surface area contributed by atoms with E-state index in [2.05, 4.69) is 23.1 Å². The average Bonchev–Trinajstić information content (AvgIpc) is 3.23. The number of carboxylic acids is 1. The lowest BCUT2D eigenvalue weighted by Crippen LogP contribution is -2.28. The smallest absolute Gasteiger partial charge is 0.303 e. The Morgan fingerprint density at radius 1 is 1.19 bits per heavy atom. The minimum Gasteiger partial charge on any atom is -0.481 e. The molecular formula is C20H32O6. The molecular weight excluding hydrogens is 336 g/mol. The van der Waals surface area contributed by atoms with Gasteiger partial charge in [0.1, 0.15) is 12.2 Å². The number of unbranched alkanes of at least 4 members (excludes halogenated alkanes) is 4. The van der Waals surface area contributed by atoms with E-state index < -0.39 is 5.97 Å². The number of rotatable bonds is 13. The topological polar surface area (TPSA) is 85.2 Å². The zero-order valence-corrected chi connectivity index (χ0v) is 15.6. The van der Waals surface area contributed by atoms with Crippen LogP contribution in [0.3, 0.4) is 0 Å². The molecule has 0 aromatic carbocycles. The molecule has 0 radical (unpaired) electrons. The van der Waals surface area contributed by atoms with Crippen LogP contribution < -0.4 is 0 Å². The van der Waals surface area contributed by atoms with Crippen LogP contribution in [0.1, 0.15) is 64.7 Å². The molecule has 0 spiro atoms. The highest BCUT2D eigenvalue weighted by Crippen LogP contribution is 2.44. The van der Waals surface area contributed by atoms with Crippen molar-refractivity contribution in [3.05, 3.63) is 24.3 Å². The maximum absolute atomic E-state index is 10.4. The van der Waals surface area contributed by atoms with Gasteiger partial charge in [0.05, 0.1) is 6.10 Å². The summed E-state index contributed by atoms with van der Waals surface area (Å²) in [6.45, 7) is 1.97. The van der Waals surface area contributed by atoms with Crippen molar-refractivity contribution in [3.63, 3.8) is 0 Å². The first-order chi connectivity index (χ1) is 12.7. The molecule has 1 saturated carbocycles. The molecule has 1 saturated heterocycles. The van der Waals surface area contributed by atoms with Crippen LogP contribution >= 0.6 is 0 Å². The lowest BCUT2D eigenvalue weighted by molar-refractivity contribution is -0.336. The van der Waals surface area contributed by atoms with Crippen molar-refractivity contribution < 1.29 is 29.8 Å². The lowest BCUT2D eigenvalue weighted by Gasteiger charge is -2.27. The van der Waals surface area contributed by atoms with E-state index in [0.29, 0.717) is 11.8 Å². The van der Waals surface area contributed by atoms with Crippen LogP contribution in [0.4, 0.5) is 0 Å². The van der Waals surface area contributed by atoms with Crippen LogP contribution in [0, 0.1) is 11.8 Å². The number of hydrogen-bond donors (Lipinski definition) is 2. The summed E-state index contributed by atoms with van der Waals surface area (Å²) in [5.41, 5.74) is 0. The van der Waals surface area contributed by atoms with Gasteiger partial charge in [0.15, 0.2) is 0 Å². The summed E-state index contributed by atoms with van der Waals surface area (Å²) in [6, 6.07) is 0. The van der Waals surface area contributed by atoms with E-state index >= 15 is 0 Å². The summed E-state index contributed by atoms with van der Waals surface area (Å²) in [4.78, 5) is 25.7. The van der Waals surface area contributed by atoms with Gasteiger partial charge in [-0.05, 0) is 32.1 Å². The van der Waals surface area contributed by atoms with Crippen LogP contribution in [0.25, 0.3) is 0 Å². The zero-order valence-electron chi connectivity index (χ0n) is 15.6. The second-order valence-electron chi connectivity index (χ2n) is 7.24. The molecule has 6 heteroatoms. The molecule has 0 aromatic rings. The molecule has 5 atom stereocenters. The lowest BCUT2D eigenvalue weighted by atomic mass is 9.89. The van der Waals surface area contributed by atoms with Gasteiger partial charge in [-0.25, -0.2) is 14.7 Å². The number of carboxylic acid groups (broad SMARTS) is 1. The van der Waals surface area contributed by atoms with Crippen LogP contribution in [-0.4, -0.2) is 34.6 Å². The van der Waals surface area contributed by atoms with E-state index in [4.69, 9.17) is 20.1 Å². The number of allylic oxidation sites excluding steroid dienone is 2. The molecule has 2 aliphatic rings. The summed E-state index contributed by atoms with van der Waals surface area (Å²) < 4.78 is 0. The van der Waals surface area contributed by atoms with Gasteiger partial charge in [0.25, 0.3) is 0 Å². The molecule has 0 aromatic heterocycles. The van der Waals surface area contributed by atoms with Gasteiger partial charge in [0.2, 0.25) is 0 Å². The van der Waals surface area contributed by atoms with Gasteiger partial charge in [-0.3, -0.25) is 10.1 Å². The van der Waals surface area contributed by atoms with Crippen LogP contribution in [-0.2, 0) is 19.5 Å². The number of aliphatic carboxylic acids is 1. The van der Waals surface area contributed by atoms with E-state index in [9.17, 15) is 4.79 Å². The van der Waals surface area contributed by atoms with Crippen LogP contribution in [0.5, 0.6) is 0 Å². The van der Waals surface area contributed by atoms with Crippen molar-refractivity contribution in [3.8, 4) is 0 Å². The Morgan fingerprint density at radius 3 is 2.69 bits per heavy atom. The normalized spacial score (nSPS) is 29.2.